The summed E-state index contributed by atoms with van der Waals surface area (Å²) in [6.45, 7) is 9.63. The normalized spacial score (nSPS) is 14.0. The van der Waals surface area contributed by atoms with Gasteiger partial charge in [0.05, 0.1) is 12.3 Å². The number of amidine groups is 1. The van der Waals surface area contributed by atoms with Crippen LogP contribution in [0.4, 0.5) is 26.8 Å². The number of hydrogen-bond donors (Lipinski definition) is 5. The molecule has 1 fully saturated rings. The Labute approximate surface area is 270 Å². The predicted molar refractivity (Wildman–Crippen MR) is 182 cm³/mol. The highest BCUT2D eigenvalue weighted by Gasteiger charge is 2.30. The van der Waals surface area contributed by atoms with Gasteiger partial charge in [-0.3, -0.25) is 0 Å². The number of carbonyl (C=O) groups is 2. The fraction of sp³-hybridized carbons (Fsp3) is 0.394. The van der Waals surface area contributed by atoms with E-state index in [0.717, 1.165) is 5.56 Å². The number of hydrazine groups is 1. The number of carbonyl (C=O) groups excluding carboxylic acids is 2. The molecule has 246 valence electrons. The molecule has 0 atom stereocenters. The van der Waals surface area contributed by atoms with E-state index in [-0.39, 0.29) is 18.0 Å². The van der Waals surface area contributed by atoms with E-state index in [9.17, 15) is 9.59 Å². The Morgan fingerprint density at radius 1 is 1.04 bits per heavy atom. The molecule has 0 radical (unpaired) electrons. The number of amides is 3. The molecule has 2 aromatic carbocycles. The van der Waals surface area contributed by atoms with Crippen molar-refractivity contribution in [3.63, 3.8) is 0 Å². The van der Waals surface area contributed by atoms with E-state index in [1.165, 1.54) is 0 Å². The molecule has 1 aromatic heterocycles. The van der Waals surface area contributed by atoms with Crippen LogP contribution < -0.4 is 32.6 Å². The van der Waals surface area contributed by atoms with E-state index in [1.54, 1.807) is 18.1 Å². The molecule has 7 N–H and O–H groups in total. The molecule has 0 unspecified atom stereocenters. The number of piperidine rings is 1. The van der Waals surface area contributed by atoms with E-state index in [0.29, 0.717) is 73.1 Å². The first-order chi connectivity index (χ1) is 22.0. The molecule has 1 aliphatic rings. The van der Waals surface area contributed by atoms with Gasteiger partial charge in [0.15, 0.2) is 5.84 Å². The summed E-state index contributed by atoms with van der Waals surface area (Å²) >= 11 is 0. The minimum Gasteiger partial charge on any atom is -0.444 e. The number of ether oxygens (including phenoxy) is 2. The van der Waals surface area contributed by atoms with E-state index in [4.69, 9.17) is 26.1 Å². The minimum atomic E-state index is -0.567. The number of nitrogens with zero attached hydrogens (tertiary/aromatic N) is 4. The lowest BCUT2D eigenvalue weighted by atomic mass is 10.0. The van der Waals surface area contributed by atoms with Crippen LogP contribution in [-0.2, 0) is 9.47 Å². The molecule has 3 aromatic rings. The van der Waals surface area contributed by atoms with Crippen LogP contribution in [0.3, 0.4) is 0 Å². The van der Waals surface area contributed by atoms with Crippen molar-refractivity contribution in [2.75, 3.05) is 48.9 Å². The molecule has 3 amide bonds. The Balaban J connectivity index is 1.70. The average molecular weight is 632 g/mol. The first kappa shape index (κ1) is 34.0. The number of aromatic nitrogens is 1. The van der Waals surface area contributed by atoms with Crippen LogP contribution in [0.2, 0.25) is 0 Å². The van der Waals surface area contributed by atoms with Crippen molar-refractivity contribution in [3.8, 4) is 11.3 Å². The third-order valence-electron chi connectivity index (χ3n) is 7.49. The standard InChI is InChI=1S/C33H45N9O4/c1-22-10-12-23(13-11-22)36-31(43)37-24-20-28(26-8-6-7-9-27(26)30(39-34)40-35)38-29(21-24)42(18-19-45-5)25-14-16-41(17-15-25)32(44)46-33(2,3)4/h6-13,20-21,25H,14-19,34-35H2,1-5H3,(H,39,40)(H2,36,37,38,43). The lowest BCUT2D eigenvalue weighted by molar-refractivity contribution is 0.0203. The second-order valence-corrected chi connectivity index (χ2v) is 12.1. The Morgan fingerprint density at radius 2 is 1.72 bits per heavy atom. The smallest absolute Gasteiger partial charge is 0.410 e. The summed E-state index contributed by atoms with van der Waals surface area (Å²) in [5.41, 5.74) is 6.19. The zero-order chi connectivity index (χ0) is 33.3. The molecule has 0 bridgehead atoms. The van der Waals surface area contributed by atoms with Crippen molar-refractivity contribution in [2.24, 2.45) is 16.8 Å². The number of nitrogens with two attached hydrogens (primary N) is 2. The van der Waals surface area contributed by atoms with Gasteiger partial charge in [-0.25, -0.2) is 20.4 Å². The number of hydrogen-bond acceptors (Lipinski definition) is 9. The van der Waals surface area contributed by atoms with Gasteiger partial charge in [0, 0.05) is 61.4 Å². The molecular formula is C33H45N9O4. The van der Waals surface area contributed by atoms with Gasteiger partial charge in [0.2, 0.25) is 0 Å². The van der Waals surface area contributed by atoms with Crippen molar-refractivity contribution >= 4 is 35.2 Å². The van der Waals surface area contributed by atoms with Crippen LogP contribution in [0.15, 0.2) is 65.8 Å². The number of likely N-dealkylation sites (tertiary alicyclic amines) is 1. The third kappa shape index (κ3) is 9.08. The van der Waals surface area contributed by atoms with Crippen molar-refractivity contribution < 1.29 is 19.1 Å². The van der Waals surface area contributed by atoms with Crippen LogP contribution in [0.5, 0.6) is 0 Å². The molecule has 0 spiro atoms. The van der Waals surface area contributed by atoms with Crippen molar-refractivity contribution in [3.05, 3.63) is 71.8 Å². The fourth-order valence-electron chi connectivity index (χ4n) is 5.26. The molecule has 13 nitrogen and oxygen atoms in total. The van der Waals surface area contributed by atoms with Gasteiger partial charge in [0.25, 0.3) is 0 Å². The average Bonchev–Trinajstić information content (AvgIpc) is 3.02. The number of urea groups is 1. The van der Waals surface area contributed by atoms with Gasteiger partial charge in [-0.15, -0.1) is 0 Å². The predicted octanol–water partition coefficient (Wildman–Crippen LogP) is 4.64. The van der Waals surface area contributed by atoms with E-state index >= 15 is 0 Å². The maximum absolute atomic E-state index is 13.1. The largest absolute Gasteiger partial charge is 0.444 e. The number of methoxy groups -OCH3 is 1. The van der Waals surface area contributed by atoms with Crippen LogP contribution in [0.25, 0.3) is 11.3 Å². The zero-order valence-electron chi connectivity index (χ0n) is 27.2. The zero-order valence-corrected chi connectivity index (χ0v) is 27.2. The van der Waals surface area contributed by atoms with Gasteiger partial charge in [-0.2, -0.15) is 5.10 Å². The molecule has 0 aliphatic carbocycles. The number of rotatable bonds is 9. The first-order valence-electron chi connectivity index (χ1n) is 15.3. The molecule has 1 aliphatic heterocycles. The Hall–Kier alpha value is -4.88. The lowest BCUT2D eigenvalue weighted by Crippen LogP contribution is -2.49. The Kier molecular flexibility index (Phi) is 11.4. The Bertz CT molecular complexity index is 1510. The quantitative estimate of drug-likeness (QED) is 0.0976. The molecule has 1 saturated heterocycles. The van der Waals surface area contributed by atoms with E-state index in [1.807, 2.05) is 82.3 Å². The topological polar surface area (TPSA) is 172 Å². The highest BCUT2D eigenvalue weighted by atomic mass is 16.6. The van der Waals surface area contributed by atoms with Crippen LogP contribution in [-0.4, -0.2) is 72.8 Å². The summed E-state index contributed by atoms with van der Waals surface area (Å²) in [6.07, 6.45) is 1.08. The lowest BCUT2D eigenvalue weighted by Gasteiger charge is -2.39. The van der Waals surface area contributed by atoms with Crippen LogP contribution in [0.1, 0.15) is 44.7 Å². The number of nitrogens with one attached hydrogen (secondary N) is 3. The summed E-state index contributed by atoms with van der Waals surface area (Å²) in [5.74, 6) is 12.3. The van der Waals surface area contributed by atoms with E-state index < -0.39 is 11.6 Å². The van der Waals surface area contributed by atoms with Crippen molar-refractivity contribution in [2.45, 2.75) is 52.2 Å². The third-order valence-corrected chi connectivity index (χ3v) is 7.49. The summed E-state index contributed by atoms with van der Waals surface area (Å²) in [7, 11) is 1.65. The second-order valence-electron chi connectivity index (χ2n) is 12.1. The first-order valence-corrected chi connectivity index (χ1v) is 15.3. The summed E-state index contributed by atoms with van der Waals surface area (Å²) in [5, 5.41) is 9.67. The molecule has 2 heterocycles. The van der Waals surface area contributed by atoms with Gasteiger partial charge >= 0.3 is 12.1 Å². The highest BCUT2D eigenvalue weighted by Crippen LogP contribution is 2.31. The van der Waals surface area contributed by atoms with Crippen LogP contribution >= 0.6 is 0 Å². The molecule has 46 heavy (non-hydrogen) atoms. The van der Waals surface area contributed by atoms with Gasteiger partial charge in [0.1, 0.15) is 11.4 Å². The number of anilines is 3. The van der Waals surface area contributed by atoms with Crippen LogP contribution in [0, 0.1) is 6.92 Å². The Morgan fingerprint density at radius 3 is 2.35 bits per heavy atom. The number of pyridine rings is 1. The molecule has 4 rings (SSSR count). The number of benzene rings is 2. The monoisotopic (exact) mass is 631 g/mol. The van der Waals surface area contributed by atoms with Gasteiger partial charge in [-0.05, 0) is 58.7 Å². The summed E-state index contributed by atoms with van der Waals surface area (Å²) in [4.78, 5) is 34.9. The maximum atomic E-state index is 13.1. The van der Waals surface area contributed by atoms with Crippen molar-refractivity contribution in [1.29, 1.82) is 0 Å². The molecule has 0 saturated carbocycles. The van der Waals surface area contributed by atoms with Crippen molar-refractivity contribution in [1.82, 2.24) is 15.3 Å². The highest BCUT2D eigenvalue weighted by molar-refractivity contribution is 6.04. The minimum absolute atomic E-state index is 0.0490. The number of aryl methyl sites for hydroxylation is 1. The second kappa shape index (κ2) is 15.4. The van der Waals surface area contributed by atoms with Gasteiger partial charge < -0.3 is 41.2 Å². The molecule has 13 heteroatoms. The fourth-order valence-corrected chi connectivity index (χ4v) is 5.26. The summed E-state index contributed by atoms with van der Waals surface area (Å²) in [6, 6.07) is 18.3. The maximum Gasteiger partial charge on any atom is 0.410 e. The molecular weight excluding hydrogens is 586 g/mol. The van der Waals surface area contributed by atoms with Gasteiger partial charge in [-0.1, -0.05) is 42.0 Å². The van der Waals surface area contributed by atoms with E-state index in [2.05, 4.69) is 26.1 Å². The summed E-state index contributed by atoms with van der Waals surface area (Å²) < 4.78 is 11.1. The number of hydrazone groups is 1. The SMILES string of the molecule is COCCN(c1cc(NC(=O)Nc2ccc(C)cc2)cc(-c2ccccc2/C(=N/N)NN)n1)C1CCN(C(=O)OC(C)(C)C)CC1.